The molecule has 20 heavy (non-hydrogen) atoms. The normalized spacial score (nSPS) is 11.5. The van der Waals surface area contributed by atoms with Crippen molar-refractivity contribution in [1.29, 1.82) is 0 Å². The average Bonchev–Trinajstić information content (AvgIpc) is 3.07. The van der Waals surface area contributed by atoms with Crippen LogP contribution < -0.4 is 11.1 Å². The first-order valence-corrected chi connectivity index (χ1v) is 8.05. The lowest BCUT2D eigenvalue weighted by Gasteiger charge is -2.12. The second-order valence-electron chi connectivity index (χ2n) is 4.38. The largest absolute Gasteiger partial charge is 0.349 e. The van der Waals surface area contributed by atoms with Crippen LogP contribution in [0.4, 0.5) is 0 Å². The molecule has 1 amide bonds. The Balaban J connectivity index is 1.92. The third-order valence-electron chi connectivity index (χ3n) is 2.64. The molecule has 2 aromatic rings. The molecule has 1 atom stereocenters. The summed E-state index contributed by atoms with van der Waals surface area (Å²) in [4.78, 5) is 13.7. The Morgan fingerprint density at radius 1 is 1.45 bits per heavy atom. The van der Waals surface area contributed by atoms with Crippen LogP contribution in [0.3, 0.4) is 0 Å². The van der Waals surface area contributed by atoms with Crippen LogP contribution in [0.15, 0.2) is 29.0 Å². The molecule has 0 aliphatic carbocycles. The third kappa shape index (κ3) is 4.20. The molecule has 0 fully saturated rings. The van der Waals surface area contributed by atoms with Gasteiger partial charge in [-0.2, -0.15) is 11.3 Å². The Hall–Kier alpha value is -1.61. The second kappa shape index (κ2) is 7.25. The lowest BCUT2D eigenvalue weighted by molar-refractivity contribution is 0.0944. The standard InChI is InChI=1S/C15H16N2OS2/c1-11(9-12-6-8-19-10-12)17-15(18)14-5-4-13(20-14)3-2-7-16/h4-6,8,10-11H,7,9,16H2,1H3,(H,17,18). The van der Waals surface area contributed by atoms with Gasteiger partial charge in [0, 0.05) is 6.04 Å². The zero-order chi connectivity index (χ0) is 14.4. The predicted molar refractivity (Wildman–Crippen MR) is 85.2 cm³/mol. The van der Waals surface area contributed by atoms with E-state index in [1.807, 2.05) is 18.4 Å². The van der Waals surface area contributed by atoms with E-state index in [1.165, 1.54) is 16.9 Å². The highest BCUT2D eigenvalue weighted by atomic mass is 32.1. The van der Waals surface area contributed by atoms with E-state index in [1.54, 1.807) is 17.4 Å². The monoisotopic (exact) mass is 304 g/mol. The minimum Gasteiger partial charge on any atom is -0.349 e. The van der Waals surface area contributed by atoms with Crippen LogP contribution in [0.1, 0.15) is 27.0 Å². The minimum atomic E-state index is -0.0430. The molecular formula is C15H16N2OS2. The molecule has 3 N–H and O–H groups in total. The molecular weight excluding hydrogens is 288 g/mol. The summed E-state index contributed by atoms with van der Waals surface area (Å²) in [5.74, 6) is 5.68. The van der Waals surface area contributed by atoms with Crippen LogP contribution in [0.2, 0.25) is 0 Å². The first-order valence-electron chi connectivity index (χ1n) is 6.29. The van der Waals surface area contributed by atoms with E-state index in [-0.39, 0.29) is 11.9 Å². The average molecular weight is 304 g/mol. The second-order valence-corrected chi connectivity index (χ2v) is 6.24. The highest BCUT2D eigenvalue weighted by Gasteiger charge is 2.12. The molecule has 2 aromatic heterocycles. The molecule has 2 heterocycles. The van der Waals surface area contributed by atoms with Crippen LogP contribution in [0, 0.1) is 11.8 Å². The van der Waals surface area contributed by atoms with Crippen LogP contribution in [-0.2, 0) is 6.42 Å². The van der Waals surface area contributed by atoms with Gasteiger partial charge in [-0.1, -0.05) is 11.8 Å². The third-order valence-corrected chi connectivity index (χ3v) is 4.37. The summed E-state index contributed by atoms with van der Waals surface area (Å²) in [5.41, 5.74) is 6.58. The topological polar surface area (TPSA) is 55.1 Å². The van der Waals surface area contributed by atoms with E-state index in [4.69, 9.17) is 5.73 Å². The highest BCUT2D eigenvalue weighted by molar-refractivity contribution is 7.14. The zero-order valence-corrected chi connectivity index (χ0v) is 12.8. The minimum absolute atomic E-state index is 0.0430. The maximum absolute atomic E-state index is 12.1. The fourth-order valence-corrected chi connectivity index (χ4v) is 3.24. The molecule has 0 saturated carbocycles. The summed E-state index contributed by atoms with van der Waals surface area (Å²) in [6.45, 7) is 2.34. The molecule has 0 radical (unpaired) electrons. The number of nitrogens with two attached hydrogens (primary N) is 1. The summed E-state index contributed by atoms with van der Waals surface area (Å²) in [5, 5.41) is 7.16. The quantitative estimate of drug-likeness (QED) is 0.853. The highest BCUT2D eigenvalue weighted by Crippen LogP contribution is 2.16. The summed E-state index contributed by atoms with van der Waals surface area (Å²) in [6.07, 6.45) is 0.848. The van der Waals surface area contributed by atoms with Crippen molar-refractivity contribution in [3.05, 3.63) is 44.3 Å². The van der Waals surface area contributed by atoms with Crippen molar-refractivity contribution in [2.75, 3.05) is 6.54 Å². The van der Waals surface area contributed by atoms with Gasteiger partial charge >= 0.3 is 0 Å². The molecule has 104 valence electrons. The van der Waals surface area contributed by atoms with E-state index in [0.29, 0.717) is 11.4 Å². The van der Waals surface area contributed by atoms with Crippen LogP contribution in [0.25, 0.3) is 0 Å². The van der Waals surface area contributed by atoms with Gasteiger partial charge in [0.15, 0.2) is 0 Å². The molecule has 0 spiro atoms. The number of rotatable bonds is 4. The van der Waals surface area contributed by atoms with E-state index in [9.17, 15) is 4.79 Å². The number of carbonyl (C=O) groups excluding carboxylic acids is 1. The summed E-state index contributed by atoms with van der Waals surface area (Å²) in [7, 11) is 0. The van der Waals surface area contributed by atoms with Gasteiger partial charge in [-0.25, -0.2) is 0 Å². The first-order chi connectivity index (χ1) is 9.69. The van der Waals surface area contributed by atoms with E-state index >= 15 is 0 Å². The van der Waals surface area contributed by atoms with Gasteiger partial charge in [-0.15, -0.1) is 11.3 Å². The number of thiophene rings is 2. The first kappa shape index (κ1) is 14.8. The van der Waals surface area contributed by atoms with Crippen molar-refractivity contribution in [2.24, 2.45) is 5.73 Å². The molecule has 2 rings (SSSR count). The molecule has 0 aliphatic heterocycles. The van der Waals surface area contributed by atoms with Crippen molar-refractivity contribution in [3.8, 4) is 11.8 Å². The summed E-state index contributed by atoms with van der Waals surface area (Å²) in [6, 6.07) is 5.85. The molecule has 0 saturated heterocycles. The maximum Gasteiger partial charge on any atom is 0.261 e. The van der Waals surface area contributed by atoms with Crippen molar-refractivity contribution >= 4 is 28.6 Å². The van der Waals surface area contributed by atoms with E-state index < -0.39 is 0 Å². The Morgan fingerprint density at radius 3 is 3.00 bits per heavy atom. The van der Waals surface area contributed by atoms with Gasteiger partial charge < -0.3 is 11.1 Å². The van der Waals surface area contributed by atoms with Gasteiger partial charge in [0.1, 0.15) is 0 Å². The fraction of sp³-hybridized carbons (Fsp3) is 0.267. The smallest absolute Gasteiger partial charge is 0.261 e. The Bertz CT molecular complexity index is 620. The molecule has 0 aliphatic rings. The maximum atomic E-state index is 12.1. The molecule has 0 bridgehead atoms. The Labute approximate surface area is 126 Å². The van der Waals surface area contributed by atoms with E-state index in [0.717, 1.165) is 11.3 Å². The van der Waals surface area contributed by atoms with Crippen LogP contribution in [-0.4, -0.2) is 18.5 Å². The number of carbonyl (C=O) groups is 1. The lowest BCUT2D eigenvalue weighted by atomic mass is 10.1. The Kier molecular flexibility index (Phi) is 5.36. The number of amides is 1. The van der Waals surface area contributed by atoms with Gasteiger partial charge in [-0.05, 0) is 47.9 Å². The van der Waals surface area contributed by atoms with Crippen molar-refractivity contribution in [2.45, 2.75) is 19.4 Å². The van der Waals surface area contributed by atoms with Crippen LogP contribution in [0.5, 0.6) is 0 Å². The lowest BCUT2D eigenvalue weighted by Crippen LogP contribution is -2.33. The molecule has 1 unspecified atom stereocenters. The number of hydrogen-bond acceptors (Lipinski definition) is 4. The molecule has 3 nitrogen and oxygen atoms in total. The number of nitrogens with one attached hydrogen (secondary N) is 1. The van der Waals surface area contributed by atoms with Gasteiger partial charge in [0.2, 0.25) is 0 Å². The van der Waals surface area contributed by atoms with Gasteiger partial charge in [0.05, 0.1) is 16.3 Å². The van der Waals surface area contributed by atoms with Gasteiger partial charge in [-0.3, -0.25) is 4.79 Å². The van der Waals surface area contributed by atoms with Crippen molar-refractivity contribution in [3.63, 3.8) is 0 Å². The summed E-state index contributed by atoms with van der Waals surface area (Å²) >= 11 is 3.06. The van der Waals surface area contributed by atoms with Crippen molar-refractivity contribution in [1.82, 2.24) is 5.32 Å². The molecule has 5 heteroatoms. The van der Waals surface area contributed by atoms with Gasteiger partial charge in [0.25, 0.3) is 5.91 Å². The summed E-state index contributed by atoms with van der Waals surface area (Å²) < 4.78 is 0. The SMILES string of the molecule is CC(Cc1ccsc1)NC(=O)c1ccc(C#CCN)s1. The van der Waals surface area contributed by atoms with E-state index in [2.05, 4.69) is 28.6 Å². The Morgan fingerprint density at radius 2 is 2.30 bits per heavy atom. The predicted octanol–water partition coefficient (Wildman–Crippen LogP) is 2.48. The van der Waals surface area contributed by atoms with Crippen molar-refractivity contribution < 1.29 is 4.79 Å². The van der Waals surface area contributed by atoms with Crippen LogP contribution >= 0.6 is 22.7 Å². The number of hydrogen-bond donors (Lipinski definition) is 2. The fourth-order valence-electron chi connectivity index (χ4n) is 1.77. The molecule has 0 aromatic carbocycles. The zero-order valence-electron chi connectivity index (χ0n) is 11.2.